The molecule has 1 aromatic rings. The van der Waals surface area contributed by atoms with Crippen LogP contribution in [-0.4, -0.2) is 23.7 Å². The fraction of sp³-hybridized carbons (Fsp3) is 0.214. The van der Waals surface area contributed by atoms with Crippen LogP contribution in [0.25, 0.3) is 0 Å². The van der Waals surface area contributed by atoms with Crippen molar-refractivity contribution in [1.82, 2.24) is 5.32 Å². The van der Waals surface area contributed by atoms with E-state index in [0.29, 0.717) is 16.1 Å². The number of dihydropyridines is 1. The zero-order chi connectivity index (χ0) is 16.0. The first-order chi connectivity index (χ1) is 10.4. The van der Waals surface area contributed by atoms with Crippen LogP contribution >= 0.6 is 11.6 Å². The van der Waals surface area contributed by atoms with Crippen molar-refractivity contribution in [2.75, 3.05) is 6.61 Å². The number of nitrogens with zero attached hydrogens (tertiary/aromatic N) is 1. The van der Waals surface area contributed by atoms with Gasteiger partial charge in [0.1, 0.15) is 6.61 Å². The molecule has 0 fully saturated rings. The van der Waals surface area contributed by atoms with Gasteiger partial charge >= 0.3 is 11.9 Å². The summed E-state index contributed by atoms with van der Waals surface area (Å²) in [5.41, 5.74) is 1.27. The number of carboxylic acid groups (broad SMARTS) is 1. The molecule has 0 spiro atoms. The molecule has 1 unspecified atom stereocenters. The number of aromatic nitrogens is 1. The van der Waals surface area contributed by atoms with Gasteiger partial charge in [0, 0.05) is 11.8 Å². The zero-order valence-electron chi connectivity index (χ0n) is 11.4. The Morgan fingerprint density at radius 1 is 1.59 bits per heavy atom. The van der Waals surface area contributed by atoms with Gasteiger partial charge in [0.25, 0.3) is 5.15 Å². The van der Waals surface area contributed by atoms with Gasteiger partial charge in [-0.25, -0.2) is 9.59 Å². The fourth-order valence-corrected chi connectivity index (χ4v) is 2.99. The number of aliphatic carboxylic acids is 1. The van der Waals surface area contributed by atoms with Crippen molar-refractivity contribution in [1.29, 1.82) is 0 Å². The molecule has 3 heterocycles. The number of esters is 1. The molecule has 2 aliphatic rings. The maximum atomic E-state index is 12.0. The van der Waals surface area contributed by atoms with E-state index in [2.05, 4.69) is 5.32 Å². The molecule has 3 rings (SSSR count). The Kier molecular flexibility index (Phi) is 3.29. The predicted octanol–water partition coefficient (Wildman–Crippen LogP) is 0.830. The maximum absolute atomic E-state index is 12.0. The van der Waals surface area contributed by atoms with Crippen LogP contribution in [0.15, 0.2) is 40.9 Å². The summed E-state index contributed by atoms with van der Waals surface area (Å²) in [6, 6.07) is 2.98. The molecule has 22 heavy (non-hydrogen) atoms. The lowest BCUT2D eigenvalue weighted by atomic mass is 9.81. The average molecular weight is 323 g/mol. The SMILES string of the molecule is CC1=C(C(=O)O)C(c2ccc[n+]([O-])c2Cl)C2=C(COC2=O)N1. The van der Waals surface area contributed by atoms with Crippen molar-refractivity contribution < 1.29 is 24.2 Å². The third kappa shape index (κ3) is 2.01. The number of carbonyl (C=O) groups excluding carboxylic acids is 1. The summed E-state index contributed by atoms with van der Waals surface area (Å²) in [6.07, 6.45) is 1.20. The second kappa shape index (κ2) is 5.03. The molecule has 114 valence electrons. The van der Waals surface area contributed by atoms with Crippen molar-refractivity contribution in [2.45, 2.75) is 12.8 Å². The first-order valence-electron chi connectivity index (χ1n) is 6.40. The molecule has 2 N–H and O–H groups in total. The molecule has 1 aromatic heterocycles. The van der Waals surface area contributed by atoms with E-state index < -0.39 is 17.9 Å². The number of nitrogens with one attached hydrogen (secondary N) is 1. The van der Waals surface area contributed by atoms with Gasteiger partial charge in [0.15, 0.2) is 6.20 Å². The molecular weight excluding hydrogens is 312 g/mol. The fourth-order valence-electron chi connectivity index (χ4n) is 2.76. The van der Waals surface area contributed by atoms with Crippen LogP contribution in [-0.2, 0) is 14.3 Å². The van der Waals surface area contributed by atoms with E-state index in [4.69, 9.17) is 16.3 Å². The molecular formula is C14H11ClN2O5. The van der Waals surface area contributed by atoms with Crippen molar-refractivity contribution in [3.05, 3.63) is 56.8 Å². The Morgan fingerprint density at radius 3 is 3.00 bits per heavy atom. The highest BCUT2D eigenvalue weighted by Crippen LogP contribution is 2.42. The van der Waals surface area contributed by atoms with Crippen LogP contribution < -0.4 is 10.0 Å². The second-order valence-corrected chi connectivity index (χ2v) is 5.31. The number of hydrogen-bond donors (Lipinski definition) is 2. The van der Waals surface area contributed by atoms with Gasteiger partial charge < -0.3 is 20.4 Å². The lowest BCUT2D eigenvalue weighted by Gasteiger charge is -2.26. The van der Waals surface area contributed by atoms with Gasteiger partial charge in [0.2, 0.25) is 0 Å². The lowest BCUT2D eigenvalue weighted by molar-refractivity contribution is -0.603. The Labute approximate surface area is 130 Å². The molecule has 0 radical (unpaired) electrons. The third-order valence-corrected chi connectivity index (χ3v) is 4.07. The van der Waals surface area contributed by atoms with Gasteiger partial charge in [-0.3, -0.25) is 0 Å². The highest BCUT2D eigenvalue weighted by Gasteiger charge is 2.43. The highest BCUT2D eigenvalue weighted by atomic mass is 35.5. The summed E-state index contributed by atoms with van der Waals surface area (Å²) in [7, 11) is 0. The minimum atomic E-state index is -1.20. The summed E-state index contributed by atoms with van der Waals surface area (Å²) in [6.45, 7) is 1.63. The number of carboxylic acids is 1. The van der Waals surface area contributed by atoms with Crippen LogP contribution in [0.4, 0.5) is 0 Å². The average Bonchev–Trinajstić information content (AvgIpc) is 2.81. The van der Waals surface area contributed by atoms with E-state index in [9.17, 15) is 19.9 Å². The molecule has 7 nitrogen and oxygen atoms in total. The minimum absolute atomic E-state index is 0.0364. The number of hydrogen-bond acceptors (Lipinski definition) is 5. The molecule has 2 aliphatic heterocycles. The van der Waals surface area contributed by atoms with Crippen LogP contribution in [0.2, 0.25) is 5.15 Å². The van der Waals surface area contributed by atoms with Gasteiger partial charge in [0.05, 0.1) is 28.3 Å². The van der Waals surface area contributed by atoms with Gasteiger partial charge in [-0.1, -0.05) is 0 Å². The summed E-state index contributed by atoms with van der Waals surface area (Å²) >= 11 is 6.02. The second-order valence-electron chi connectivity index (χ2n) is 4.95. The number of allylic oxidation sites excluding steroid dienone is 1. The van der Waals surface area contributed by atoms with Gasteiger partial charge in [-0.05, 0) is 24.6 Å². The highest BCUT2D eigenvalue weighted by molar-refractivity contribution is 6.29. The quantitative estimate of drug-likeness (QED) is 0.362. The van der Waals surface area contributed by atoms with Crippen molar-refractivity contribution >= 4 is 23.5 Å². The predicted molar refractivity (Wildman–Crippen MR) is 74.6 cm³/mol. The number of cyclic esters (lactones) is 1. The van der Waals surface area contributed by atoms with Crippen LogP contribution in [0, 0.1) is 5.21 Å². The molecule has 8 heteroatoms. The summed E-state index contributed by atoms with van der Waals surface area (Å²) < 4.78 is 5.40. The standard InChI is InChI=1S/C14H11ClN2O5/c1-6-9(13(18)19)10(7-3-2-4-17(21)12(7)15)11-8(16-6)5-22-14(11)20/h2-4,10,16H,5H2,1H3,(H,18,19). The zero-order valence-corrected chi connectivity index (χ0v) is 12.2. The van der Waals surface area contributed by atoms with E-state index in [-0.39, 0.29) is 28.5 Å². The monoisotopic (exact) mass is 322 g/mol. The van der Waals surface area contributed by atoms with Crippen molar-refractivity contribution in [3.8, 4) is 0 Å². The smallest absolute Gasteiger partial charge is 0.337 e. The summed E-state index contributed by atoms with van der Waals surface area (Å²) in [5.74, 6) is -2.76. The van der Waals surface area contributed by atoms with Crippen LogP contribution in [0.1, 0.15) is 18.4 Å². The number of halogens is 1. The van der Waals surface area contributed by atoms with E-state index >= 15 is 0 Å². The van der Waals surface area contributed by atoms with Crippen LogP contribution in [0.5, 0.6) is 0 Å². The molecule has 0 aromatic carbocycles. The molecule has 0 bridgehead atoms. The Hall–Kier alpha value is -2.54. The number of ether oxygens (including phenoxy) is 1. The van der Waals surface area contributed by atoms with Crippen molar-refractivity contribution in [2.24, 2.45) is 0 Å². The Morgan fingerprint density at radius 2 is 2.32 bits per heavy atom. The summed E-state index contributed by atoms with van der Waals surface area (Å²) in [4.78, 5) is 23.6. The minimum Gasteiger partial charge on any atom is -0.618 e. The first-order valence-corrected chi connectivity index (χ1v) is 6.78. The molecule has 1 atom stereocenters. The van der Waals surface area contributed by atoms with Gasteiger partial charge in [-0.15, -0.1) is 0 Å². The largest absolute Gasteiger partial charge is 0.618 e. The molecule has 0 saturated heterocycles. The Bertz CT molecular complexity index is 766. The number of carbonyl (C=O) groups is 2. The summed E-state index contributed by atoms with van der Waals surface area (Å²) in [5, 5.41) is 23.9. The third-order valence-electron chi connectivity index (χ3n) is 3.68. The van der Waals surface area contributed by atoms with E-state index in [1.807, 2.05) is 0 Å². The lowest BCUT2D eigenvalue weighted by Crippen LogP contribution is -2.33. The van der Waals surface area contributed by atoms with E-state index in [0.717, 1.165) is 0 Å². The van der Waals surface area contributed by atoms with E-state index in [1.54, 1.807) is 6.92 Å². The van der Waals surface area contributed by atoms with Gasteiger partial charge in [-0.2, -0.15) is 4.73 Å². The molecule has 0 saturated carbocycles. The molecule has 0 amide bonds. The number of pyridine rings is 1. The topological polar surface area (TPSA) is 103 Å². The Balaban J connectivity index is 2.26. The molecule has 0 aliphatic carbocycles. The van der Waals surface area contributed by atoms with Crippen LogP contribution in [0.3, 0.4) is 0 Å². The van der Waals surface area contributed by atoms with Crippen molar-refractivity contribution in [3.63, 3.8) is 0 Å². The maximum Gasteiger partial charge on any atom is 0.337 e. The normalized spacial score (nSPS) is 20.6. The number of rotatable bonds is 2. The van der Waals surface area contributed by atoms with E-state index in [1.165, 1.54) is 18.3 Å². The first kappa shape index (κ1) is 14.4.